The van der Waals surface area contributed by atoms with Crippen LogP contribution in [0.2, 0.25) is 0 Å². The molecule has 6 nitrogen and oxygen atoms in total. The standard InChI is InChI=1S/C10H20N2O4S/c1-11-4-2-10(14)12(5-6-13)9-3-7-17(15,16)8-9/h9,11,13H,2-8H2,1H3. The number of aliphatic hydroxyl groups excluding tert-OH is 1. The normalized spacial score (nSPS) is 22.6. The number of carbonyl (C=O) groups is 1. The highest BCUT2D eigenvalue weighted by Gasteiger charge is 2.33. The molecule has 0 radical (unpaired) electrons. The highest BCUT2D eigenvalue weighted by Crippen LogP contribution is 2.18. The van der Waals surface area contributed by atoms with Crippen molar-refractivity contribution in [3.63, 3.8) is 0 Å². The van der Waals surface area contributed by atoms with Crippen LogP contribution in [-0.4, -0.2) is 68.6 Å². The van der Waals surface area contributed by atoms with Gasteiger partial charge in [0, 0.05) is 25.6 Å². The number of nitrogens with one attached hydrogen (secondary N) is 1. The van der Waals surface area contributed by atoms with Gasteiger partial charge >= 0.3 is 0 Å². The topological polar surface area (TPSA) is 86.7 Å². The summed E-state index contributed by atoms with van der Waals surface area (Å²) >= 11 is 0. The molecule has 1 atom stereocenters. The van der Waals surface area contributed by atoms with Crippen molar-refractivity contribution in [2.45, 2.75) is 18.9 Å². The predicted octanol–water partition coefficient (Wildman–Crippen LogP) is -1.40. The van der Waals surface area contributed by atoms with E-state index in [1.807, 2.05) is 0 Å². The lowest BCUT2D eigenvalue weighted by Crippen LogP contribution is -2.43. The summed E-state index contributed by atoms with van der Waals surface area (Å²) < 4.78 is 22.7. The van der Waals surface area contributed by atoms with Crippen LogP contribution in [0.1, 0.15) is 12.8 Å². The second kappa shape index (κ2) is 6.32. The molecule has 17 heavy (non-hydrogen) atoms. The Balaban J connectivity index is 2.62. The van der Waals surface area contributed by atoms with Crippen molar-refractivity contribution in [2.75, 3.05) is 38.2 Å². The number of hydrogen-bond donors (Lipinski definition) is 2. The van der Waals surface area contributed by atoms with Crippen molar-refractivity contribution in [3.05, 3.63) is 0 Å². The maximum absolute atomic E-state index is 11.9. The molecule has 1 heterocycles. The molecule has 1 fully saturated rings. The van der Waals surface area contributed by atoms with E-state index in [9.17, 15) is 13.2 Å². The zero-order chi connectivity index (χ0) is 12.9. The van der Waals surface area contributed by atoms with E-state index >= 15 is 0 Å². The minimum Gasteiger partial charge on any atom is -0.395 e. The third-order valence-electron chi connectivity index (χ3n) is 2.90. The second-order valence-corrected chi connectivity index (χ2v) is 6.45. The number of carbonyl (C=O) groups excluding carboxylic acids is 1. The first kappa shape index (κ1) is 14.4. The summed E-state index contributed by atoms with van der Waals surface area (Å²) in [6.07, 6.45) is 0.806. The molecule has 1 aliphatic rings. The fraction of sp³-hybridized carbons (Fsp3) is 0.900. The van der Waals surface area contributed by atoms with Crippen LogP contribution < -0.4 is 5.32 Å². The molecule has 0 bridgehead atoms. The number of aliphatic hydroxyl groups is 1. The summed E-state index contributed by atoms with van der Waals surface area (Å²) in [4.78, 5) is 13.4. The van der Waals surface area contributed by atoms with Gasteiger partial charge in [-0.15, -0.1) is 0 Å². The quantitative estimate of drug-likeness (QED) is 0.616. The first-order valence-corrected chi connectivity index (χ1v) is 7.57. The number of hydrogen-bond acceptors (Lipinski definition) is 5. The Kier molecular flexibility index (Phi) is 5.35. The van der Waals surface area contributed by atoms with Crippen LogP contribution in [0.15, 0.2) is 0 Å². The summed E-state index contributed by atoms with van der Waals surface area (Å²) in [6, 6.07) is -0.267. The van der Waals surface area contributed by atoms with Crippen LogP contribution in [0.3, 0.4) is 0 Å². The summed E-state index contributed by atoms with van der Waals surface area (Å²) in [6.45, 7) is 0.630. The molecule has 7 heteroatoms. The maximum Gasteiger partial charge on any atom is 0.224 e. The van der Waals surface area contributed by atoms with Crippen molar-refractivity contribution in [1.29, 1.82) is 0 Å². The first-order valence-electron chi connectivity index (χ1n) is 5.75. The SMILES string of the molecule is CNCCC(=O)N(CCO)C1CCS(=O)(=O)C1. The monoisotopic (exact) mass is 264 g/mol. The van der Waals surface area contributed by atoms with Crippen molar-refractivity contribution in [2.24, 2.45) is 0 Å². The minimum atomic E-state index is -3.00. The Morgan fingerprint density at radius 2 is 2.24 bits per heavy atom. The molecule has 1 saturated heterocycles. The molecule has 2 N–H and O–H groups in total. The summed E-state index contributed by atoms with van der Waals surface area (Å²) in [5.74, 6) is 0.0625. The van der Waals surface area contributed by atoms with Crippen molar-refractivity contribution < 1.29 is 18.3 Å². The zero-order valence-corrected chi connectivity index (χ0v) is 10.9. The average molecular weight is 264 g/mol. The summed E-state index contributed by atoms with van der Waals surface area (Å²) in [7, 11) is -1.25. The highest BCUT2D eigenvalue weighted by molar-refractivity contribution is 7.91. The molecule has 1 rings (SSSR count). The van der Waals surface area contributed by atoms with E-state index in [4.69, 9.17) is 5.11 Å². The molecule has 0 aromatic rings. The molecule has 0 aromatic carbocycles. The molecule has 1 amide bonds. The molecule has 1 unspecified atom stereocenters. The van der Waals surface area contributed by atoms with E-state index in [1.54, 1.807) is 7.05 Å². The van der Waals surface area contributed by atoms with E-state index in [-0.39, 0.29) is 36.6 Å². The molecule has 1 aliphatic heterocycles. The number of amides is 1. The van der Waals surface area contributed by atoms with E-state index < -0.39 is 9.84 Å². The van der Waals surface area contributed by atoms with Crippen molar-refractivity contribution in [3.8, 4) is 0 Å². The largest absolute Gasteiger partial charge is 0.395 e. The van der Waals surface area contributed by atoms with Gasteiger partial charge in [-0.2, -0.15) is 0 Å². The fourth-order valence-corrected chi connectivity index (χ4v) is 3.75. The Morgan fingerprint density at radius 3 is 2.71 bits per heavy atom. The van der Waals surface area contributed by atoms with E-state index in [1.165, 1.54) is 4.90 Å². The second-order valence-electron chi connectivity index (χ2n) is 4.22. The smallest absolute Gasteiger partial charge is 0.224 e. The Hall–Kier alpha value is -0.660. The van der Waals surface area contributed by atoms with Gasteiger partial charge in [-0.25, -0.2) is 8.42 Å². The number of nitrogens with zero attached hydrogens (tertiary/aromatic N) is 1. The van der Waals surface area contributed by atoms with Crippen LogP contribution >= 0.6 is 0 Å². The van der Waals surface area contributed by atoms with Gasteiger partial charge in [-0.3, -0.25) is 4.79 Å². The van der Waals surface area contributed by atoms with Crippen LogP contribution in [-0.2, 0) is 14.6 Å². The molecular formula is C10H20N2O4S. The third kappa shape index (κ3) is 4.25. The Labute approximate surface area is 102 Å². The van der Waals surface area contributed by atoms with Crippen LogP contribution in [0, 0.1) is 0 Å². The number of sulfone groups is 1. The molecular weight excluding hydrogens is 244 g/mol. The van der Waals surface area contributed by atoms with Crippen LogP contribution in [0.4, 0.5) is 0 Å². The van der Waals surface area contributed by atoms with Gasteiger partial charge in [0.25, 0.3) is 0 Å². The lowest BCUT2D eigenvalue weighted by atomic mass is 10.2. The fourth-order valence-electron chi connectivity index (χ4n) is 2.02. The Morgan fingerprint density at radius 1 is 1.53 bits per heavy atom. The van der Waals surface area contributed by atoms with Gasteiger partial charge in [-0.05, 0) is 13.5 Å². The van der Waals surface area contributed by atoms with Gasteiger partial charge in [0.05, 0.1) is 18.1 Å². The molecule has 0 saturated carbocycles. The molecule has 100 valence electrons. The third-order valence-corrected chi connectivity index (χ3v) is 4.65. The Bertz CT molecular complexity index is 355. The van der Waals surface area contributed by atoms with Gasteiger partial charge < -0.3 is 15.3 Å². The van der Waals surface area contributed by atoms with Crippen molar-refractivity contribution in [1.82, 2.24) is 10.2 Å². The summed E-state index contributed by atoms with van der Waals surface area (Å²) in [5, 5.41) is 11.8. The summed E-state index contributed by atoms with van der Waals surface area (Å²) in [5.41, 5.74) is 0. The zero-order valence-electron chi connectivity index (χ0n) is 10.1. The lowest BCUT2D eigenvalue weighted by Gasteiger charge is -2.27. The maximum atomic E-state index is 11.9. The minimum absolute atomic E-state index is 0.0261. The van der Waals surface area contributed by atoms with Crippen molar-refractivity contribution >= 4 is 15.7 Å². The molecule has 0 spiro atoms. The van der Waals surface area contributed by atoms with Gasteiger partial charge in [0.1, 0.15) is 0 Å². The number of rotatable bonds is 6. The van der Waals surface area contributed by atoms with E-state index in [2.05, 4.69) is 5.32 Å². The van der Waals surface area contributed by atoms with Crippen LogP contribution in [0.5, 0.6) is 0 Å². The van der Waals surface area contributed by atoms with Gasteiger partial charge in [-0.1, -0.05) is 0 Å². The van der Waals surface area contributed by atoms with Gasteiger partial charge in [0.2, 0.25) is 5.91 Å². The molecule has 0 aliphatic carbocycles. The van der Waals surface area contributed by atoms with E-state index in [0.717, 1.165) is 0 Å². The lowest BCUT2D eigenvalue weighted by molar-refractivity contribution is -0.133. The van der Waals surface area contributed by atoms with Gasteiger partial charge in [0.15, 0.2) is 9.84 Å². The van der Waals surface area contributed by atoms with Crippen LogP contribution in [0.25, 0.3) is 0 Å². The highest BCUT2D eigenvalue weighted by atomic mass is 32.2. The molecule has 0 aromatic heterocycles. The first-order chi connectivity index (χ1) is 8.00. The predicted molar refractivity (Wildman–Crippen MR) is 64.4 cm³/mol. The average Bonchev–Trinajstić information content (AvgIpc) is 2.63. The van der Waals surface area contributed by atoms with E-state index in [0.29, 0.717) is 19.4 Å².